The zero-order chi connectivity index (χ0) is 23.1. The Morgan fingerprint density at radius 2 is 1.53 bits per heavy atom. The van der Waals surface area contributed by atoms with Gasteiger partial charge in [-0.3, -0.25) is 15.1 Å². The summed E-state index contributed by atoms with van der Waals surface area (Å²) in [5.41, 5.74) is 4.67. The second-order valence-corrected chi connectivity index (χ2v) is 10.8. The van der Waals surface area contributed by atoms with Crippen LogP contribution in [-0.4, -0.2) is 24.6 Å². The van der Waals surface area contributed by atoms with E-state index >= 15 is 0 Å². The molecule has 0 unspecified atom stereocenters. The van der Waals surface area contributed by atoms with Crippen LogP contribution in [0.1, 0.15) is 19.4 Å². The number of benzene rings is 3. The van der Waals surface area contributed by atoms with Crippen molar-refractivity contribution in [3.05, 3.63) is 94.7 Å². The lowest BCUT2D eigenvalue weighted by Gasteiger charge is -2.24. The third-order valence-corrected chi connectivity index (χ3v) is 7.98. The first kappa shape index (κ1) is 21.6. The molecule has 1 aromatic heterocycles. The second-order valence-electron chi connectivity index (χ2n) is 8.27. The average molecular weight is 447 g/mol. The second kappa shape index (κ2) is 7.84. The molecular weight excluding hydrogens is 424 g/mol. The summed E-state index contributed by atoms with van der Waals surface area (Å²) < 4.78 is 23.9. The molecular formula is C25H22N2O4S. The molecule has 0 saturated carbocycles. The lowest BCUT2D eigenvalue weighted by atomic mass is 9.92. The zero-order valence-electron chi connectivity index (χ0n) is 17.9. The van der Waals surface area contributed by atoms with Gasteiger partial charge >= 0.3 is 0 Å². The van der Waals surface area contributed by atoms with E-state index in [4.69, 9.17) is 0 Å². The molecule has 3 aromatic carbocycles. The summed E-state index contributed by atoms with van der Waals surface area (Å²) in [6.45, 7) is 3.40. The van der Waals surface area contributed by atoms with E-state index in [9.17, 15) is 18.5 Å². The molecule has 32 heavy (non-hydrogen) atoms. The quantitative estimate of drug-likeness (QED) is 0.287. The van der Waals surface area contributed by atoms with Crippen LogP contribution < -0.4 is 0 Å². The van der Waals surface area contributed by atoms with Crippen molar-refractivity contribution < 1.29 is 13.3 Å². The molecule has 0 atom stereocenters. The van der Waals surface area contributed by atoms with Crippen LogP contribution in [0.25, 0.3) is 33.2 Å². The molecule has 0 fully saturated rings. The van der Waals surface area contributed by atoms with Gasteiger partial charge in [-0.15, -0.1) is 0 Å². The number of aromatic nitrogens is 1. The third kappa shape index (κ3) is 3.87. The molecule has 4 rings (SSSR count). The van der Waals surface area contributed by atoms with Gasteiger partial charge in [-0.05, 0) is 60.4 Å². The van der Waals surface area contributed by atoms with E-state index in [0.717, 1.165) is 33.2 Å². The van der Waals surface area contributed by atoms with Crippen LogP contribution in [0.15, 0.2) is 79.0 Å². The van der Waals surface area contributed by atoms with E-state index in [1.165, 1.54) is 12.3 Å². The van der Waals surface area contributed by atoms with E-state index in [0.29, 0.717) is 5.56 Å². The van der Waals surface area contributed by atoms with Crippen LogP contribution in [0, 0.1) is 10.1 Å². The first-order chi connectivity index (χ1) is 15.1. The monoisotopic (exact) mass is 446 g/mol. The number of non-ortho nitro benzene ring substituents is 1. The Kier molecular flexibility index (Phi) is 5.30. The number of hydrogen-bond donors (Lipinski definition) is 0. The SMILES string of the molecule is CC(C)(c1cc(-c2cccc(-c3cccc([N+](=O)[O-])c3)c2)c2ncccc2c1)S(C)(=O)=O. The van der Waals surface area contributed by atoms with Crippen molar-refractivity contribution in [2.75, 3.05) is 6.26 Å². The smallest absolute Gasteiger partial charge is 0.258 e. The predicted molar refractivity (Wildman–Crippen MR) is 127 cm³/mol. The number of sulfone groups is 1. The predicted octanol–water partition coefficient (Wildman–Crippen LogP) is 5.76. The number of nitro benzene ring substituents is 1. The Labute approximate surface area is 186 Å². The zero-order valence-corrected chi connectivity index (χ0v) is 18.8. The summed E-state index contributed by atoms with van der Waals surface area (Å²) in [5.74, 6) is 0. The van der Waals surface area contributed by atoms with Gasteiger partial charge in [-0.25, -0.2) is 8.42 Å². The molecule has 0 bridgehead atoms. The van der Waals surface area contributed by atoms with Gasteiger partial charge < -0.3 is 0 Å². The number of pyridine rings is 1. The van der Waals surface area contributed by atoms with Gasteiger partial charge in [0.1, 0.15) is 0 Å². The van der Waals surface area contributed by atoms with Gasteiger partial charge in [0.05, 0.1) is 15.2 Å². The van der Waals surface area contributed by atoms with Crippen LogP contribution in [0.4, 0.5) is 5.69 Å². The highest BCUT2D eigenvalue weighted by atomic mass is 32.2. The highest BCUT2D eigenvalue weighted by Crippen LogP contribution is 2.37. The summed E-state index contributed by atoms with van der Waals surface area (Å²) in [6, 6.07) is 21.6. The number of hydrogen-bond acceptors (Lipinski definition) is 5. The van der Waals surface area contributed by atoms with E-state index in [1.54, 1.807) is 32.2 Å². The summed E-state index contributed by atoms with van der Waals surface area (Å²) in [6.07, 6.45) is 2.95. The summed E-state index contributed by atoms with van der Waals surface area (Å²) in [7, 11) is -3.37. The van der Waals surface area contributed by atoms with Crippen molar-refractivity contribution in [1.29, 1.82) is 0 Å². The van der Waals surface area contributed by atoms with Crippen molar-refractivity contribution in [2.24, 2.45) is 0 Å². The third-order valence-electron chi connectivity index (χ3n) is 5.89. The van der Waals surface area contributed by atoms with Crippen LogP contribution in [-0.2, 0) is 14.6 Å². The van der Waals surface area contributed by atoms with Gasteiger partial charge in [-0.1, -0.05) is 36.4 Å². The lowest BCUT2D eigenvalue weighted by Crippen LogP contribution is -2.28. The maximum atomic E-state index is 12.5. The summed E-state index contributed by atoms with van der Waals surface area (Å²) >= 11 is 0. The largest absolute Gasteiger partial charge is 0.270 e. The standard InChI is InChI=1S/C25H22N2O4S/c1-25(2,32(3,30)31)21-14-20-10-6-12-26-24(20)23(16-21)19-9-4-7-17(13-19)18-8-5-11-22(15-18)27(28)29/h4-16H,1-3H3. The van der Waals surface area contributed by atoms with Gasteiger partial charge in [0.25, 0.3) is 5.69 Å². The maximum absolute atomic E-state index is 12.5. The Morgan fingerprint density at radius 3 is 2.22 bits per heavy atom. The van der Waals surface area contributed by atoms with Gasteiger partial charge in [0, 0.05) is 35.5 Å². The van der Waals surface area contributed by atoms with Crippen molar-refractivity contribution in [2.45, 2.75) is 18.6 Å². The summed E-state index contributed by atoms with van der Waals surface area (Å²) in [5, 5.41) is 12.0. The van der Waals surface area contributed by atoms with Crippen LogP contribution in [0.3, 0.4) is 0 Å². The molecule has 0 aliphatic carbocycles. The number of fused-ring (bicyclic) bond motifs is 1. The normalized spacial score (nSPS) is 12.1. The van der Waals surface area contributed by atoms with Gasteiger partial charge in [0.2, 0.25) is 0 Å². The van der Waals surface area contributed by atoms with E-state index in [2.05, 4.69) is 4.98 Å². The Morgan fingerprint density at radius 1 is 0.875 bits per heavy atom. The van der Waals surface area contributed by atoms with Crippen LogP contribution >= 0.6 is 0 Å². The highest BCUT2D eigenvalue weighted by molar-refractivity contribution is 7.91. The molecule has 4 aromatic rings. The Bertz CT molecular complexity index is 1460. The fourth-order valence-corrected chi connectivity index (χ4v) is 4.19. The molecule has 162 valence electrons. The van der Waals surface area contributed by atoms with E-state index < -0.39 is 19.5 Å². The Balaban J connectivity index is 1.94. The molecule has 0 aliphatic rings. The summed E-state index contributed by atoms with van der Waals surface area (Å²) in [4.78, 5) is 15.3. The van der Waals surface area contributed by atoms with Gasteiger partial charge in [0.15, 0.2) is 9.84 Å². The minimum atomic E-state index is -3.37. The first-order valence-corrected chi connectivity index (χ1v) is 11.9. The van der Waals surface area contributed by atoms with Crippen molar-refractivity contribution in [3.63, 3.8) is 0 Å². The molecule has 0 spiro atoms. The molecule has 0 aliphatic heterocycles. The van der Waals surface area contributed by atoms with Gasteiger partial charge in [-0.2, -0.15) is 0 Å². The highest BCUT2D eigenvalue weighted by Gasteiger charge is 2.33. The Hall–Kier alpha value is -3.58. The minimum Gasteiger partial charge on any atom is -0.258 e. The molecule has 7 heteroatoms. The van der Waals surface area contributed by atoms with Crippen molar-refractivity contribution in [1.82, 2.24) is 4.98 Å². The van der Waals surface area contributed by atoms with Crippen LogP contribution in [0.5, 0.6) is 0 Å². The van der Waals surface area contributed by atoms with Crippen LogP contribution in [0.2, 0.25) is 0 Å². The van der Waals surface area contributed by atoms with E-state index in [-0.39, 0.29) is 5.69 Å². The van der Waals surface area contributed by atoms with Crippen molar-refractivity contribution in [3.8, 4) is 22.3 Å². The molecule has 0 radical (unpaired) electrons. The average Bonchev–Trinajstić information content (AvgIpc) is 2.77. The first-order valence-electron chi connectivity index (χ1n) is 10.0. The number of nitrogens with zero attached hydrogens (tertiary/aromatic N) is 2. The molecule has 1 heterocycles. The van der Waals surface area contributed by atoms with Crippen molar-refractivity contribution >= 4 is 26.4 Å². The fourth-order valence-electron chi connectivity index (χ4n) is 3.64. The number of nitro groups is 1. The molecule has 6 nitrogen and oxygen atoms in total. The van der Waals surface area contributed by atoms with E-state index in [1.807, 2.05) is 54.6 Å². The number of rotatable bonds is 5. The fraction of sp³-hybridized carbons (Fsp3) is 0.160. The molecule has 0 N–H and O–H groups in total. The molecule has 0 amide bonds. The molecule has 0 saturated heterocycles. The minimum absolute atomic E-state index is 0.0249. The maximum Gasteiger partial charge on any atom is 0.270 e. The lowest BCUT2D eigenvalue weighted by molar-refractivity contribution is -0.384. The topological polar surface area (TPSA) is 90.2 Å².